The third kappa shape index (κ3) is 3.71. The van der Waals surface area contributed by atoms with Crippen LogP contribution >= 0.6 is 0 Å². The molecule has 16 heavy (non-hydrogen) atoms. The van der Waals surface area contributed by atoms with E-state index in [1.165, 1.54) is 0 Å². The van der Waals surface area contributed by atoms with Gasteiger partial charge in [-0.2, -0.15) is 4.31 Å². The highest BCUT2D eigenvalue weighted by molar-refractivity contribution is 7.89. The molecular formula is C11H24N2O2S. The Morgan fingerprint density at radius 3 is 2.31 bits per heavy atom. The van der Waals surface area contributed by atoms with Crippen LogP contribution in [0, 0.1) is 5.92 Å². The molecule has 0 aromatic carbocycles. The molecule has 0 aromatic heterocycles. The maximum Gasteiger partial charge on any atom is 0.214 e. The molecule has 0 bridgehead atoms. The molecule has 1 fully saturated rings. The summed E-state index contributed by atoms with van der Waals surface area (Å²) in [5.41, 5.74) is 0. The highest BCUT2D eigenvalue weighted by atomic mass is 32.2. The summed E-state index contributed by atoms with van der Waals surface area (Å²) >= 11 is 0. The summed E-state index contributed by atoms with van der Waals surface area (Å²) in [5, 5.41) is 3.26. The number of nitrogens with one attached hydrogen (secondary N) is 1. The summed E-state index contributed by atoms with van der Waals surface area (Å²) in [5.74, 6) is 0.464. The first-order valence-corrected chi connectivity index (χ1v) is 7.78. The smallest absolute Gasteiger partial charge is 0.214 e. The first kappa shape index (κ1) is 13.9. The largest absolute Gasteiger partial charge is 0.317 e. The molecule has 0 atom stereocenters. The molecule has 1 saturated heterocycles. The predicted octanol–water partition coefficient (Wildman–Crippen LogP) is 1.05. The minimum Gasteiger partial charge on any atom is -0.317 e. The highest BCUT2D eigenvalue weighted by Crippen LogP contribution is 2.17. The molecule has 1 aliphatic heterocycles. The van der Waals surface area contributed by atoms with Crippen LogP contribution < -0.4 is 5.32 Å². The molecule has 0 saturated carbocycles. The van der Waals surface area contributed by atoms with Gasteiger partial charge in [-0.3, -0.25) is 0 Å². The maximum absolute atomic E-state index is 12.2. The molecule has 4 nitrogen and oxygen atoms in total. The third-order valence-corrected chi connectivity index (χ3v) is 5.29. The van der Waals surface area contributed by atoms with E-state index in [1.54, 1.807) is 4.31 Å². The fraction of sp³-hybridized carbons (Fsp3) is 1.00. The van der Waals surface area contributed by atoms with Gasteiger partial charge in [0, 0.05) is 12.6 Å². The predicted molar refractivity (Wildman–Crippen MR) is 66.9 cm³/mol. The number of sulfonamides is 1. The van der Waals surface area contributed by atoms with Crippen molar-refractivity contribution in [1.29, 1.82) is 0 Å². The van der Waals surface area contributed by atoms with E-state index in [0.29, 0.717) is 6.54 Å². The van der Waals surface area contributed by atoms with Crippen LogP contribution in [0.2, 0.25) is 0 Å². The zero-order chi connectivity index (χ0) is 12.2. The second kappa shape index (κ2) is 5.98. The van der Waals surface area contributed by atoms with E-state index in [2.05, 4.69) is 5.32 Å². The number of nitrogens with zero attached hydrogens (tertiary/aromatic N) is 1. The zero-order valence-corrected chi connectivity index (χ0v) is 11.4. The maximum atomic E-state index is 12.2. The van der Waals surface area contributed by atoms with Crippen molar-refractivity contribution in [3.63, 3.8) is 0 Å². The van der Waals surface area contributed by atoms with Gasteiger partial charge in [-0.05, 0) is 31.8 Å². The minimum atomic E-state index is -3.07. The standard InChI is InChI=1S/C11H24N2O2S/c1-4-13(11-5-7-12-8-6-11)16(14,15)9-10(2)3/h10-12H,4-9H2,1-3H3. The molecule has 1 N–H and O–H groups in total. The van der Waals surface area contributed by atoms with Gasteiger partial charge >= 0.3 is 0 Å². The van der Waals surface area contributed by atoms with Gasteiger partial charge in [0.2, 0.25) is 10.0 Å². The van der Waals surface area contributed by atoms with Crippen molar-refractivity contribution in [1.82, 2.24) is 9.62 Å². The lowest BCUT2D eigenvalue weighted by atomic mass is 10.1. The van der Waals surface area contributed by atoms with E-state index in [1.807, 2.05) is 20.8 Å². The summed E-state index contributed by atoms with van der Waals surface area (Å²) in [6.07, 6.45) is 1.87. The van der Waals surface area contributed by atoms with Crippen LogP contribution in [0.4, 0.5) is 0 Å². The lowest BCUT2D eigenvalue weighted by Crippen LogP contribution is -2.47. The van der Waals surface area contributed by atoms with Crippen molar-refractivity contribution in [2.75, 3.05) is 25.4 Å². The van der Waals surface area contributed by atoms with Gasteiger partial charge in [0.05, 0.1) is 5.75 Å². The summed E-state index contributed by atoms with van der Waals surface area (Å²) in [6, 6.07) is 0.204. The number of hydrogen-bond donors (Lipinski definition) is 1. The summed E-state index contributed by atoms with van der Waals surface area (Å²) in [7, 11) is -3.07. The Bertz CT molecular complexity index is 295. The Morgan fingerprint density at radius 1 is 1.31 bits per heavy atom. The van der Waals surface area contributed by atoms with Crippen LogP contribution in [-0.4, -0.2) is 44.2 Å². The molecule has 1 rings (SSSR count). The molecule has 0 unspecified atom stereocenters. The van der Waals surface area contributed by atoms with E-state index in [-0.39, 0.29) is 17.7 Å². The van der Waals surface area contributed by atoms with E-state index >= 15 is 0 Å². The monoisotopic (exact) mass is 248 g/mol. The minimum absolute atomic E-state index is 0.195. The summed E-state index contributed by atoms with van der Waals surface area (Å²) in [6.45, 7) is 8.29. The zero-order valence-electron chi connectivity index (χ0n) is 10.6. The van der Waals surface area contributed by atoms with Gasteiger partial charge in [-0.25, -0.2) is 8.42 Å². The number of rotatable bonds is 5. The van der Waals surface area contributed by atoms with Gasteiger partial charge in [-0.1, -0.05) is 20.8 Å². The first-order chi connectivity index (χ1) is 7.47. The van der Waals surface area contributed by atoms with Gasteiger partial charge in [-0.15, -0.1) is 0 Å². The Kier molecular flexibility index (Phi) is 5.21. The van der Waals surface area contributed by atoms with Crippen molar-refractivity contribution >= 4 is 10.0 Å². The first-order valence-electron chi connectivity index (χ1n) is 6.17. The molecule has 0 radical (unpaired) electrons. The Labute approximate surface area is 99.5 Å². The number of piperidine rings is 1. The van der Waals surface area contributed by atoms with Gasteiger partial charge in [0.15, 0.2) is 0 Å². The fourth-order valence-electron chi connectivity index (χ4n) is 2.29. The SMILES string of the molecule is CCN(C1CCNCC1)S(=O)(=O)CC(C)C. The highest BCUT2D eigenvalue weighted by Gasteiger charge is 2.29. The van der Waals surface area contributed by atoms with E-state index in [4.69, 9.17) is 0 Å². The Morgan fingerprint density at radius 2 is 1.88 bits per heavy atom. The molecule has 1 aliphatic rings. The van der Waals surface area contributed by atoms with E-state index < -0.39 is 10.0 Å². The summed E-state index contributed by atoms with van der Waals surface area (Å²) < 4.78 is 26.1. The van der Waals surface area contributed by atoms with Gasteiger partial charge in [0.1, 0.15) is 0 Å². The molecule has 1 heterocycles. The van der Waals surface area contributed by atoms with Crippen molar-refractivity contribution in [2.45, 2.75) is 39.7 Å². The average molecular weight is 248 g/mol. The topological polar surface area (TPSA) is 49.4 Å². The molecule has 0 amide bonds. The molecule has 0 aromatic rings. The number of hydrogen-bond acceptors (Lipinski definition) is 3. The van der Waals surface area contributed by atoms with Crippen LogP contribution in [0.25, 0.3) is 0 Å². The van der Waals surface area contributed by atoms with Crippen LogP contribution in [0.5, 0.6) is 0 Å². The van der Waals surface area contributed by atoms with Crippen LogP contribution in [-0.2, 0) is 10.0 Å². The molecular weight excluding hydrogens is 224 g/mol. The van der Waals surface area contributed by atoms with Crippen LogP contribution in [0.3, 0.4) is 0 Å². The Hall–Kier alpha value is -0.130. The van der Waals surface area contributed by atoms with Crippen molar-refractivity contribution in [2.24, 2.45) is 5.92 Å². The van der Waals surface area contributed by atoms with Crippen molar-refractivity contribution in [3.8, 4) is 0 Å². The lowest BCUT2D eigenvalue weighted by Gasteiger charge is -2.33. The molecule has 5 heteroatoms. The quantitative estimate of drug-likeness (QED) is 0.791. The van der Waals surface area contributed by atoms with Crippen molar-refractivity contribution < 1.29 is 8.42 Å². The van der Waals surface area contributed by atoms with E-state index in [0.717, 1.165) is 25.9 Å². The molecule has 0 aliphatic carbocycles. The lowest BCUT2D eigenvalue weighted by molar-refractivity contribution is 0.270. The molecule has 0 spiro atoms. The summed E-state index contributed by atoms with van der Waals surface area (Å²) in [4.78, 5) is 0. The average Bonchev–Trinajstić information content (AvgIpc) is 2.17. The second-order valence-corrected chi connectivity index (χ2v) is 6.82. The van der Waals surface area contributed by atoms with Crippen LogP contribution in [0.15, 0.2) is 0 Å². The second-order valence-electron chi connectivity index (χ2n) is 4.86. The fourth-order valence-corrected chi connectivity index (χ4v) is 4.39. The normalized spacial score (nSPS) is 19.6. The van der Waals surface area contributed by atoms with Gasteiger partial charge < -0.3 is 5.32 Å². The molecule has 96 valence electrons. The third-order valence-electron chi connectivity index (χ3n) is 2.93. The van der Waals surface area contributed by atoms with Crippen molar-refractivity contribution in [3.05, 3.63) is 0 Å². The Balaban J connectivity index is 2.71. The van der Waals surface area contributed by atoms with E-state index in [9.17, 15) is 8.42 Å². The van der Waals surface area contributed by atoms with Gasteiger partial charge in [0.25, 0.3) is 0 Å². The van der Waals surface area contributed by atoms with Crippen LogP contribution in [0.1, 0.15) is 33.6 Å².